The molecule has 236 valence electrons. The summed E-state index contributed by atoms with van der Waals surface area (Å²) >= 11 is 0. The maximum Gasteiger partial charge on any atom is 0.325 e. The van der Waals surface area contributed by atoms with Crippen LogP contribution in [0, 0.1) is 0 Å². The molecule has 1 aliphatic heterocycles. The van der Waals surface area contributed by atoms with Crippen molar-refractivity contribution in [1.82, 2.24) is 9.80 Å². The van der Waals surface area contributed by atoms with Crippen LogP contribution in [-0.2, 0) is 4.79 Å². The highest BCUT2D eigenvalue weighted by Gasteiger charge is 2.39. The molecule has 0 fully saturated rings. The second kappa shape index (κ2) is 15.2. The molecule has 44 heavy (non-hydrogen) atoms. The lowest BCUT2D eigenvalue weighted by Gasteiger charge is -2.42. The number of hydrogen-bond acceptors (Lipinski definition) is 4. The highest BCUT2D eigenvalue weighted by atomic mass is 16.5. The summed E-state index contributed by atoms with van der Waals surface area (Å²) in [5, 5.41) is 3.24. The number of unbranched alkanes of at least 4 members (excludes halogenated alkanes) is 1. The highest BCUT2D eigenvalue weighted by molar-refractivity contribution is 6.01. The fourth-order valence-electron chi connectivity index (χ4n) is 5.93. The SMILES string of the molecule is CCCCN1C(=O)N(CC(=O)Nc2c(C(C)C)cccc2C(C)C)C(c2cccc(OCCCN(C)C)c2)c2ccccc21. The summed E-state index contributed by atoms with van der Waals surface area (Å²) in [6.45, 7) is 12.7. The van der Waals surface area contributed by atoms with E-state index in [1.807, 2.05) is 47.4 Å². The van der Waals surface area contributed by atoms with Crippen LogP contribution >= 0.6 is 0 Å². The van der Waals surface area contributed by atoms with Crippen LogP contribution in [0.3, 0.4) is 0 Å². The van der Waals surface area contributed by atoms with E-state index in [9.17, 15) is 9.59 Å². The number of carbonyl (C=O) groups is 2. The second-order valence-electron chi connectivity index (χ2n) is 12.6. The molecule has 0 spiro atoms. The lowest BCUT2D eigenvalue weighted by atomic mass is 9.92. The molecule has 0 radical (unpaired) electrons. The van der Waals surface area contributed by atoms with Gasteiger partial charge in [-0.3, -0.25) is 9.69 Å². The Morgan fingerprint density at radius 3 is 2.27 bits per heavy atom. The predicted molar refractivity (Wildman–Crippen MR) is 181 cm³/mol. The maximum atomic E-state index is 14.3. The van der Waals surface area contributed by atoms with Crippen LogP contribution in [0.2, 0.25) is 0 Å². The predicted octanol–water partition coefficient (Wildman–Crippen LogP) is 8.03. The third kappa shape index (κ3) is 7.81. The third-order valence-corrected chi connectivity index (χ3v) is 8.19. The van der Waals surface area contributed by atoms with Crippen LogP contribution in [0.5, 0.6) is 5.75 Å². The van der Waals surface area contributed by atoms with Gasteiger partial charge in [0.05, 0.1) is 18.3 Å². The van der Waals surface area contributed by atoms with E-state index in [-0.39, 0.29) is 30.3 Å². The molecule has 1 atom stereocenters. The van der Waals surface area contributed by atoms with E-state index in [0.29, 0.717) is 13.2 Å². The van der Waals surface area contributed by atoms with Gasteiger partial charge in [0.1, 0.15) is 12.3 Å². The van der Waals surface area contributed by atoms with Crippen molar-refractivity contribution in [3.05, 3.63) is 89.0 Å². The zero-order valence-electron chi connectivity index (χ0n) is 27.6. The van der Waals surface area contributed by atoms with E-state index >= 15 is 0 Å². The maximum absolute atomic E-state index is 14.3. The van der Waals surface area contributed by atoms with E-state index in [0.717, 1.165) is 65.2 Å². The number of hydrogen-bond donors (Lipinski definition) is 1. The molecule has 7 nitrogen and oxygen atoms in total. The molecule has 0 saturated heterocycles. The lowest BCUT2D eigenvalue weighted by molar-refractivity contribution is -0.117. The summed E-state index contributed by atoms with van der Waals surface area (Å²) in [6.07, 6.45) is 2.75. The van der Waals surface area contributed by atoms with Crippen molar-refractivity contribution in [2.45, 2.75) is 71.8 Å². The van der Waals surface area contributed by atoms with Gasteiger partial charge >= 0.3 is 6.03 Å². The van der Waals surface area contributed by atoms with Crippen LogP contribution in [-0.4, -0.2) is 62.1 Å². The summed E-state index contributed by atoms with van der Waals surface area (Å²) in [5.74, 6) is 1.04. The molecule has 0 aliphatic carbocycles. The van der Waals surface area contributed by atoms with Gasteiger partial charge in [0.15, 0.2) is 0 Å². The van der Waals surface area contributed by atoms with E-state index in [2.05, 4.69) is 83.2 Å². The first-order valence-corrected chi connectivity index (χ1v) is 16.1. The number of para-hydroxylation sites is 2. The first-order chi connectivity index (χ1) is 21.1. The minimum atomic E-state index is -0.433. The van der Waals surface area contributed by atoms with Crippen molar-refractivity contribution in [2.24, 2.45) is 0 Å². The Kier molecular flexibility index (Phi) is 11.5. The third-order valence-electron chi connectivity index (χ3n) is 8.19. The number of nitrogens with one attached hydrogen (secondary N) is 1. The van der Waals surface area contributed by atoms with Crippen LogP contribution in [0.15, 0.2) is 66.7 Å². The minimum absolute atomic E-state index is 0.0711. The fraction of sp³-hybridized carbons (Fsp3) is 0.459. The standard InChI is InChI=1S/C37H50N4O3/c1-8-9-22-40-33-20-11-10-17-32(33)36(28-15-12-16-29(24-28)44-23-14-21-39(6)7)41(37(40)43)25-34(42)38-35-30(26(2)3)18-13-19-31(35)27(4)5/h10-13,15-20,24,26-27,36H,8-9,14,21-23,25H2,1-7H3,(H,38,42). The van der Waals surface area contributed by atoms with Crippen LogP contribution in [0.4, 0.5) is 16.2 Å². The zero-order valence-corrected chi connectivity index (χ0v) is 27.6. The van der Waals surface area contributed by atoms with Crippen molar-refractivity contribution < 1.29 is 14.3 Å². The van der Waals surface area contributed by atoms with Crippen molar-refractivity contribution >= 4 is 23.3 Å². The quantitative estimate of drug-likeness (QED) is 0.191. The molecule has 1 heterocycles. The van der Waals surface area contributed by atoms with Crippen LogP contribution in [0.1, 0.15) is 94.0 Å². The fourth-order valence-corrected chi connectivity index (χ4v) is 5.93. The summed E-state index contributed by atoms with van der Waals surface area (Å²) in [6, 6.07) is 21.7. The Morgan fingerprint density at radius 2 is 1.61 bits per heavy atom. The van der Waals surface area contributed by atoms with Crippen LogP contribution < -0.4 is 15.0 Å². The average Bonchev–Trinajstić information content (AvgIpc) is 2.99. The number of nitrogens with zero attached hydrogens (tertiary/aromatic N) is 3. The van der Waals surface area contributed by atoms with Crippen LogP contribution in [0.25, 0.3) is 0 Å². The topological polar surface area (TPSA) is 65.1 Å². The first-order valence-electron chi connectivity index (χ1n) is 16.1. The van der Waals surface area contributed by atoms with Gasteiger partial charge in [-0.25, -0.2) is 4.79 Å². The average molecular weight is 599 g/mol. The molecule has 1 unspecified atom stereocenters. The smallest absolute Gasteiger partial charge is 0.325 e. The Balaban J connectivity index is 1.71. The van der Waals surface area contributed by atoms with E-state index in [1.165, 1.54) is 0 Å². The van der Waals surface area contributed by atoms with Gasteiger partial charge in [-0.15, -0.1) is 0 Å². The summed E-state index contributed by atoms with van der Waals surface area (Å²) < 4.78 is 6.12. The van der Waals surface area contributed by atoms with Gasteiger partial charge in [0.2, 0.25) is 5.91 Å². The second-order valence-corrected chi connectivity index (χ2v) is 12.6. The van der Waals surface area contributed by atoms with Crippen molar-refractivity contribution in [3.8, 4) is 5.75 Å². The Labute approximate surface area is 264 Å². The Bertz CT molecular complexity index is 1390. The molecule has 3 aromatic carbocycles. The molecular weight excluding hydrogens is 548 g/mol. The summed E-state index contributed by atoms with van der Waals surface area (Å²) in [4.78, 5) is 33.9. The van der Waals surface area contributed by atoms with Gasteiger partial charge in [0.25, 0.3) is 0 Å². The van der Waals surface area contributed by atoms with Crippen molar-refractivity contribution in [3.63, 3.8) is 0 Å². The van der Waals surface area contributed by atoms with E-state index in [4.69, 9.17) is 4.74 Å². The molecule has 7 heteroatoms. The zero-order chi connectivity index (χ0) is 31.8. The molecule has 0 aromatic heterocycles. The first kappa shape index (κ1) is 33.1. The van der Waals surface area contributed by atoms with Crippen molar-refractivity contribution in [1.29, 1.82) is 0 Å². The molecule has 0 bridgehead atoms. The summed E-state index contributed by atoms with van der Waals surface area (Å²) in [5.41, 5.74) is 5.88. The van der Waals surface area contributed by atoms with Gasteiger partial charge < -0.3 is 19.9 Å². The number of anilines is 2. The molecule has 3 amide bonds. The number of amides is 3. The lowest BCUT2D eigenvalue weighted by Crippen LogP contribution is -2.52. The normalized spacial score (nSPS) is 14.9. The molecule has 3 aromatic rings. The van der Waals surface area contributed by atoms with Crippen molar-refractivity contribution in [2.75, 3.05) is 50.6 Å². The van der Waals surface area contributed by atoms with E-state index < -0.39 is 6.04 Å². The number of rotatable bonds is 14. The molecule has 1 aliphatic rings. The largest absolute Gasteiger partial charge is 0.494 e. The number of fused-ring (bicyclic) bond motifs is 1. The van der Waals surface area contributed by atoms with Gasteiger partial charge in [0, 0.05) is 24.3 Å². The number of urea groups is 1. The molecule has 1 N–H and O–H groups in total. The highest BCUT2D eigenvalue weighted by Crippen LogP contribution is 2.41. The van der Waals surface area contributed by atoms with Gasteiger partial charge in [-0.2, -0.15) is 0 Å². The van der Waals surface area contributed by atoms with Gasteiger partial charge in [-0.1, -0.05) is 89.6 Å². The minimum Gasteiger partial charge on any atom is -0.494 e. The molecule has 0 saturated carbocycles. The Hall–Kier alpha value is -3.84. The number of ether oxygens (including phenoxy) is 1. The monoisotopic (exact) mass is 598 g/mol. The number of carbonyl (C=O) groups excluding carboxylic acids is 2. The summed E-state index contributed by atoms with van der Waals surface area (Å²) in [7, 11) is 4.11. The molecular formula is C37H50N4O3. The van der Waals surface area contributed by atoms with E-state index in [1.54, 1.807) is 4.90 Å². The van der Waals surface area contributed by atoms with Gasteiger partial charge in [-0.05, 0) is 73.7 Å². The number of benzene rings is 3. The molecule has 4 rings (SSSR count). The Morgan fingerprint density at radius 1 is 0.932 bits per heavy atom.